The van der Waals surface area contributed by atoms with Gasteiger partial charge in [-0.15, -0.1) is 0 Å². The molecule has 2 fully saturated rings. The van der Waals surface area contributed by atoms with Crippen LogP contribution >= 0.6 is 0 Å². The van der Waals surface area contributed by atoms with E-state index in [1.165, 1.54) is 12.4 Å². The van der Waals surface area contributed by atoms with Crippen LogP contribution in [0.15, 0.2) is 42.7 Å². The van der Waals surface area contributed by atoms with Crippen molar-refractivity contribution in [3.05, 3.63) is 59.7 Å². The third-order valence-electron chi connectivity index (χ3n) is 6.74. The molecule has 2 bridgehead atoms. The number of carboxylic acids is 1. The van der Waals surface area contributed by atoms with E-state index in [0.29, 0.717) is 25.6 Å². The molecule has 1 aromatic carbocycles. The predicted octanol–water partition coefficient (Wildman–Crippen LogP) is 2.28. The van der Waals surface area contributed by atoms with Crippen LogP contribution in [0.4, 0.5) is 10.3 Å². The van der Waals surface area contributed by atoms with Crippen LogP contribution in [-0.4, -0.2) is 81.6 Å². The zero-order valence-electron chi connectivity index (χ0n) is 18.2. The molecule has 2 atom stereocenters. The van der Waals surface area contributed by atoms with Crippen molar-refractivity contribution in [1.82, 2.24) is 19.8 Å². The van der Waals surface area contributed by atoms with Gasteiger partial charge in [0.2, 0.25) is 11.9 Å². The number of piperazine rings is 1. The number of amides is 1. The van der Waals surface area contributed by atoms with Crippen molar-refractivity contribution in [3.8, 4) is 0 Å². The fourth-order valence-corrected chi connectivity index (χ4v) is 5.19. The standard InChI is InChI=1S/C24H26FN5O3/c25-19-10-26-24(27-11-19)30-20-6-7-21(30)14-28(13-20)15-22(31)29-8-2-5-18(12-29)16-3-1-4-17(9-16)23(32)33/h1,3-5,9-11,20-21H,2,6-8,12-15H2,(H,32,33). The van der Waals surface area contributed by atoms with Gasteiger partial charge in [-0.2, -0.15) is 0 Å². The Labute approximate surface area is 191 Å². The van der Waals surface area contributed by atoms with Gasteiger partial charge in [-0.25, -0.2) is 19.2 Å². The lowest BCUT2D eigenvalue weighted by molar-refractivity contribution is -0.132. The van der Waals surface area contributed by atoms with Crippen molar-refractivity contribution < 1.29 is 19.1 Å². The highest BCUT2D eigenvalue weighted by atomic mass is 19.1. The van der Waals surface area contributed by atoms with Gasteiger partial charge in [0.05, 0.1) is 24.5 Å². The molecule has 33 heavy (non-hydrogen) atoms. The van der Waals surface area contributed by atoms with Crippen molar-refractivity contribution in [2.24, 2.45) is 0 Å². The molecule has 1 N–H and O–H groups in total. The molecule has 3 aliphatic heterocycles. The van der Waals surface area contributed by atoms with Gasteiger partial charge in [0.15, 0.2) is 5.82 Å². The number of carbonyl (C=O) groups excluding carboxylic acids is 1. The maximum Gasteiger partial charge on any atom is 0.335 e. The molecule has 0 radical (unpaired) electrons. The maximum atomic E-state index is 13.2. The Morgan fingerprint density at radius 3 is 2.55 bits per heavy atom. The fraction of sp³-hybridized carbons (Fsp3) is 0.417. The Bertz CT molecular complexity index is 1080. The minimum atomic E-state index is -0.957. The number of carbonyl (C=O) groups is 2. The minimum absolute atomic E-state index is 0.0841. The average Bonchev–Trinajstić information content (AvgIpc) is 3.09. The highest BCUT2D eigenvalue weighted by Crippen LogP contribution is 2.33. The molecule has 1 amide bonds. The van der Waals surface area contributed by atoms with Crippen LogP contribution in [0.1, 0.15) is 35.2 Å². The van der Waals surface area contributed by atoms with E-state index < -0.39 is 11.8 Å². The molecule has 1 aromatic heterocycles. The monoisotopic (exact) mass is 451 g/mol. The Balaban J connectivity index is 1.21. The number of hydrogen-bond acceptors (Lipinski definition) is 6. The van der Waals surface area contributed by atoms with E-state index in [-0.39, 0.29) is 23.6 Å². The molecular weight excluding hydrogens is 425 g/mol. The molecule has 0 spiro atoms. The van der Waals surface area contributed by atoms with Crippen LogP contribution < -0.4 is 4.90 Å². The molecular formula is C24H26FN5O3. The quantitative estimate of drug-likeness (QED) is 0.746. The maximum absolute atomic E-state index is 13.2. The van der Waals surface area contributed by atoms with E-state index in [0.717, 1.165) is 43.5 Å². The summed E-state index contributed by atoms with van der Waals surface area (Å²) >= 11 is 0. The molecule has 2 saturated heterocycles. The zero-order chi connectivity index (χ0) is 22.9. The second kappa shape index (κ2) is 8.90. The van der Waals surface area contributed by atoms with Gasteiger partial charge in [0, 0.05) is 38.3 Å². The molecule has 0 saturated carbocycles. The number of nitrogens with zero attached hydrogens (tertiary/aromatic N) is 5. The van der Waals surface area contributed by atoms with Crippen LogP contribution in [-0.2, 0) is 4.79 Å². The topological polar surface area (TPSA) is 89.9 Å². The number of fused-ring (bicyclic) bond motifs is 2. The van der Waals surface area contributed by atoms with Gasteiger partial charge in [-0.3, -0.25) is 9.69 Å². The number of aromatic nitrogens is 2. The third-order valence-corrected chi connectivity index (χ3v) is 6.74. The lowest BCUT2D eigenvalue weighted by atomic mass is 9.99. The first-order chi connectivity index (χ1) is 16.0. The molecule has 3 aliphatic rings. The van der Waals surface area contributed by atoms with Crippen LogP contribution in [0.3, 0.4) is 0 Å². The van der Waals surface area contributed by atoms with Crippen molar-refractivity contribution in [1.29, 1.82) is 0 Å². The highest BCUT2D eigenvalue weighted by Gasteiger charge is 2.41. The molecule has 5 rings (SSSR count). The van der Waals surface area contributed by atoms with E-state index in [1.54, 1.807) is 18.2 Å². The van der Waals surface area contributed by atoms with Gasteiger partial charge in [-0.1, -0.05) is 18.2 Å². The Hall–Kier alpha value is -3.33. The number of benzene rings is 1. The Morgan fingerprint density at radius 1 is 1.12 bits per heavy atom. The predicted molar refractivity (Wildman–Crippen MR) is 120 cm³/mol. The number of hydrogen-bond donors (Lipinski definition) is 1. The van der Waals surface area contributed by atoms with Crippen molar-refractivity contribution in [2.45, 2.75) is 31.3 Å². The van der Waals surface area contributed by atoms with Crippen LogP contribution in [0.5, 0.6) is 0 Å². The molecule has 2 aromatic rings. The number of anilines is 1. The summed E-state index contributed by atoms with van der Waals surface area (Å²) in [5, 5.41) is 9.26. The van der Waals surface area contributed by atoms with Gasteiger partial charge >= 0.3 is 5.97 Å². The summed E-state index contributed by atoms with van der Waals surface area (Å²) in [5.74, 6) is -0.758. The van der Waals surface area contributed by atoms with E-state index in [4.69, 9.17) is 0 Å². The van der Waals surface area contributed by atoms with Crippen LogP contribution in [0.25, 0.3) is 5.57 Å². The number of halogens is 1. The summed E-state index contributed by atoms with van der Waals surface area (Å²) in [6.45, 7) is 3.00. The third kappa shape index (κ3) is 4.45. The number of rotatable bonds is 5. The Kier molecular flexibility index (Phi) is 5.80. The van der Waals surface area contributed by atoms with Gasteiger partial charge in [0.1, 0.15) is 0 Å². The van der Waals surface area contributed by atoms with E-state index in [2.05, 4.69) is 25.8 Å². The van der Waals surface area contributed by atoms with Gasteiger partial charge in [0.25, 0.3) is 0 Å². The molecule has 2 unspecified atom stereocenters. The minimum Gasteiger partial charge on any atom is -0.478 e. The van der Waals surface area contributed by atoms with Gasteiger partial charge < -0.3 is 14.9 Å². The number of carboxylic acid groups (broad SMARTS) is 1. The lowest BCUT2D eigenvalue weighted by Crippen LogP contribution is -2.56. The average molecular weight is 452 g/mol. The first-order valence-electron chi connectivity index (χ1n) is 11.3. The fourth-order valence-electron chi connectivity index (χ4n) is 5.19. The first kappa shape index (κ1) is 21.5. The molecule has 172 valence electrons. The van der Waals surface area contributed by atoms with Crippen molar-refractivity contribution in [3.63, 3.8) is 0 Å². The lowest BCUT2D eigenvalue weighted by Gasteiger charge is -2.41. The summed E-state index contributed by atoms with van der Waals surface area (Å²) in [6, 6.07) is 7.30. The van der Waals surface area contributed by atoms with Crippen LogP contribution in [0.2, 0.25) is 0 Å². The van der Waals surface area contributed by atoms with Crippen LogP contribution in [0, 0.1) is 5.82 Å². The molecule has 4 heterocycles. The number of aromatic carboxylic acids is 1. The second-order valence-corrected chi connectivity index (χ2v) is 8.91. The largest absolute Gasteiger partial charge is 0.478 e. The number of likely N-dealkylation sites (tertiary alicyclic amines) is 1. The normalized spacial score (nSPS) is 22.9. The van der Waals surface area contributed by atoms with E-state index in [1.807, 2.05) is 11.0 Å². The highest BCUT2D eigenvalue weighted by molar-refractivity contribution is 5.89. The molecule has 8 nitrogen and oxygen atoms in total. The van der Waals surface area contributed by atoms with Gasteiger partial charge in [-0.05, 0) is 42.5 Å². The summed E-state index contributed by atoms with van der Waals surface area (Å²) in [5.41, 5.74) is 2.07. The van der Waals surface area contributed by atoms with E-state index >= 15 is 0 Å². The SMILES string of the molecule is O=C(O)c1cccc(C2=CCCN(C(=O)CN3CC4CCC(C3)N4c3ncc(F)cn3)C2)c1. The second-order valence-electron chi connectivity index (χ2n) is 8.91. The Morgan fingerprint density at radius 2 is 1.85 bits per heavy atom. The first-order valence-corrected chi connectivity index (χ1v) is 11.3. The molecule has 9 heteroatoms. The summed E-state index contributed by atoms with van der Waals surface area (Å²) in [7, 11) is 0. The molecule has 0 aliphatic carbocycles. The summed E-state index contributed by atoms with van der Waals surface area (Å²) in [4.78, 5) is 39.0. The summed E-state index contributed by atoms with van der Waals surface area (Å²) < 4.78 is 13.2. The summed E-state index contributed by atoms with van der Waals surface area (Å²) in [6.07, 6.45) is 7.25. The van der Waals surface area contributed by atoms with Crippen molar-refractivity contribution in [2.75, 3.05) is 37.6 Å². The smallest absolute Gasteiger partial charge is 0.335 e. The van der Waals surface area contributed by atoms with Crippen molar-refractivity contribution >= 4 is 23.4 Å². The van der Waals surface area contributed by atoms with E-state index in [9.17, 15) is 19.1 Å². The zero-order valence-corrected chi connectivity index (χ0v) is 18.2.